The van der Waals surface area contributed by atoms with E-state index in [9.17, 15) is 0 Å². The van der Waals surface area contributed by atoms with Crippen molar-refractivity contribution in [3.8, 4) is 0 Å². The summed E-state index contributed by atoms with van der Waals surface area (Å²) < 4.78 is 5.76. The van der Waals surface area contributed by atoms with E-state index in [1.165, 1.54) is 56.9 Å². The Bertz CT molecular complexity index is 787. The van der Waals surface area contributed by atoms with Gasteiger partial charge in [-0.3, -0.25) is 0 Å². The molecule has 4 heteroatoms. The molecule has 3 nitrogen and oxygen atoms in total. The van der Waals surface area contributed by atoms with Gasteiger partial charge in [0.05, 0.1) is 0 Å². The van der Waals surface area contributed by atoms with Crippen molar-refractivity contribution in [3.63, 3.8) is 0 Å². The van der Waals surface area contributed by atoms with E-state index in [0.717, 1.165) is 25.4 Å². The van der Waals surface area contributed by atoms with Crippen LogP contribution in [0.2, 0.25) is 0 Å². The van der Waals surface area contributed by atoms with Gasteiger partial charge in [-0.1, -0.05) is 13.8 Å². The molecule has 2 saturated carbocycles. The third-order valence-corrected chi connectivity index (χ3v) is 18.7. The molecule has 2 aliphatic heterocycles. The number of fused-ring (bicyclic) bond motifs is 5. The average molecular weight is 540 g/mol. The van der Waals surface area contributed by atoms with Crippen molar-refractivity contribution < 1.29 is 0 Å². The molecule has 0 bridgehead atoms. The van der Waals surface area contributed by atoms with Gasteiger partial charge < -0.3 is 0 Å². The number of halogens is 1. The average Bonchev–Trinajstić information content (AvgIpc) is 3.30. The van der Waals surface area contributed by atoms with Crippen molar-refractivity contribution in [2.24, 2.45) is 28.6 Å². The van der Waals surface area contributed by atoms with Gasteiger partial charge in [0.15, 0.2) is 0 Å². The van der Waals surface area contributed by atoms with Gasteiger partial charge >= 0.3 is 185 Å². The molecule has 3 heterocycles. The van der Waals surface area contributed by atoms with Gasteiger partial charge in [-0.15, -0.1) is 0 Å². The van der Waals surface area contributed by atoms with Gasteiger partial charge in [-0.05, 0) is 0 Å². The molecule has 7 unspecified atom stereocenters. The Hall–Kier alpha value is -0.390. The number of alkyl halides is 3. The van der Waals surface area contributed by atoms with E-state index >= 15 is 0 Å². The molecule has 7 atom stereocenters. The molecule has 31 heavy (non-hydrogen) atoms. The Labute approximate surface area is 198 Å². The zero-order valence-corrected chi connectivity index (χ0v) is 23.0. The fraction of sp³-hybridized carbons (Fsp3) is 0.852. The number of nitrogens with zero attached hydrogens (tertiary/aromatic N) is 2. The second kappa shape index (κ2) is 9.10. The summed E-state index contributed by atoms with van der Waals surface area (Å²) in [7, 11) is 0. The van der Waals surface area contributed by atoms with Gasteiger partial charge in [0.2, 0.25) is 0 Å². The third-order valence-electron chi connectivity index (χ3n) is 9.39. The number of hydrogen-bond acceptors (Lipinski definition) is 2. The molecule has 176 valence electrons. The second-order valence-electron chi connectivity index (χ2n) is 11.4. The van der Waals surface area contributed by atoms with Gasteiger partial charge in [0, 0.05) is 0 Å². The third kappa shape index (κ3) is 4.17. The Morgan fingerprint density at radius 1 is 1.16 bits per heavy atom. The summed E-state index contributed by atoms with van der Waals surface area (Å²) in [6.45, 7) is 14.6. The first-order valence-corrected chi connectivity index (χ1v) is 17.0. The molecule has 5 rings (SSSR count). The van der Waals surface area contributed by atoms with Crippen LogP contribution in [0.25, 0.3) is 0 Å². The first-order chi connectivity index (χ1) is 14.8. The summed E-state index contributed by atoms with van der Waals surface area (Å²) in [5.74, 6) is 2.51. The fourth-order valence-corrected chi connectivity index (χ4v) is 19.6. The van der Waals surface area contributed by atoms with Gasteiger partial charge in [0.25, 0.3) is 0 Å². The van der Waals surface area contributed by atoms with Crippen molar-refractivity contribution >= 4 is 25.5 Å². The maximum absolute atomic E-state index is 8.97. The van der Waals surface area contributed by atoms with Crippen LogP contribution < -0.4 is 0 Å². The van der Waals surface area contributed by atoms with Crippen LogP contribution in [-0.4, -0.2) is 27.8 Å². The van der Waals surface area contributed by atoms with Crippen LogP contribution in [0, 0.1) is 40.9 Å². The molecule has 1 aromatic rings. The van der Waals surface area contributed by atoms with Gasteiger partial charge in [-0.25, -0.2) is 0 Å². The monoisotopic (exact) mass is 539 g/mol. The summed E-state index contributed by atoms with van der Waals surface area (Å²) in [6, 6.07) is 0. The fourth-order valence-electron chi connectivity index (χ4n) is 7.94. The van der Waals surface area contributed by atoms with Crippen LogP contribution in [0.4, 0.5) is 0 Å². The van der Waals surface area contributed by atoms with Crippen LogP contribution in [0.3, 0.4) is 0 Å². The summed E-state index contributed by atoms with van der Waals surface area (Å²) in [4.78, 5) is 0. The zero-order chi connectivity index (χ0) is 22.4. The molecule has 0 radical (unpaired) electrons. The standard InChI is InChI=1S/C25H40IN3.C2H6/c1-17-5-6-19-21-9-10-25(4)20(22(27)16-29-15-18(2)14-28-29)7-8-23(25)26(21)12-11-24(19,3)13-17;1-2/h14-15,17,19-21,23,27H,5-13,16H2,1-4H3;1-2H3. The van der Waals surface area contributed by atoms with E-state index in [-0.39, 0.29) is 0 Å². The van der Waals surface area contributed by atoms with Gasteiger partial charge in [-0.2, -0.15) is 0 Å². The number of aryl methyl sites for hydroxylation is 1. The molecule has 4 fully saturated rings. The van der Waals surface area contributed by atoms with E-state index in [1.54, 1.807) is 4.43 Å². The van der Waals surface area contributed by atoms with Crippen LogP contribution in [0.1, 0.15) is 91.5 Å². The first-order valence-electron chi connectivity index (χ1n) is 13.0. The minimum absolute atomic E-state index is 0.427. The SMILES string of the molecule is CC.Cc1cnn(CC(=N)C2CCC3I4CCC5(C)CC(C)CCC5C4CCC23C)c1. The topological polar surface area (TPSA) is 41.7 Å². The summed E-state index contributed by atoms with van der Waals surface area (Å²) in [6.07, 6.45) is 15.7. The van der Waals surface area contributed by atoms with Crippen LogP contribution in [-0.2, 0) is 6.54 Å². The second-order valence-corrected chi connectivity index (χ2v) is 18.1. The Balaban J connectivity index is 0.00000112. The number of aromatic nitrogens is 2. The van der Waals surface area contributed by atoms with E-state index in [0.29, 0.717) is 23.3 Å². The number of nitrogens with one attached hydrogen (secondary N) is 1. The normalized spacial score (nSPS) is 42.6. The van der Waals surface area contributed by atoms with Crippen molar-refractivity contribution in [1.29, 1.82) is 5.41 Å². The molecular formula is C27H46IN3. The molecule has 0 aromatic carbocycles. The van der Waals surface area contributed by atoms with E-state index < -0.39 is 19.8 Å². The van der Waals surface area contributed by atoms with Crippen molar-refractivity contribution in [1.82, 2.24) is 9.78 Å². The molecule has 1 N–H and O–H groups in total. The summed E-state index contributed by atoms with van der Waals surface area (Å²) in [5.41, 5.74) is 3.25. The molecule has 2 saturated heterocycles. The predicted molar refractivity (Wildman–Crippen MR) is 142 cm³/mol. The van der Waals surface area contributed by atoms with E-state index in [4.69, 9.17) is 5.41 Å². The molecule has 0 spiro atoms. The summed E-state index contributed by atoms with van der Waals surface area (Å²) in [5, 5.41) is 13.4. The Morgan fingerprint density at radius 3 is 2.65 bits per heavy atom. The number of hydrogen-bond donors (Lipinski definition) is 1. The van der Waals surface area contributed by atoms with Crippen LogP contribution in [0.5, 0.6) is 0 Å². The van der Waals surface area contributed by atoms with Crippen molar-refractivity contribution in [2.45, 2.75) is 107 Å². The van der Waals surface area contributed by atoms with Gasteiger partial charge in [0.1, 0.15) is 0 Å². The summed E-state index contributed by atoms with van der Waals surface area (Å²) >= 11 is -0.964. The molecule has 4 aliphatic rings. The Kier molecular flexibility index (Phi) is 6.97. The quantitative estimate of drug-likeness (QED) is 0.241. The molecule has 2 aliphatic carbocycles. The van der Waals surface area contributed by atoms with Crippen molar-refractivity contribution in [3.05, 3.63) is 18.0 Å². The molecule has 0 amide bonds. The van der Waals surface area contributed by atoms with E-state index in [2.05, 4.69) is 39.0 Å². The molecular weight excluding hydrogens is 493 g/mol. The van der Waals surface area contributed by atoms with Crippen molar-refractivity contribution in [2.75, 3.05) is 4.43 Å². The maximum atomic E-state index is 8.97. The zero-order valence-electron chi connectivity index (χ0n) is 20.9. The van der Waals surface area contributed by atoms with Crippen LogP contribution >= 0.6 is 19.8 Å². The first kappa shape index (κ1) is 23.8. The predicted octanol–water partition coefficient (Wildman–Crippen LogP) is 7.54. The Morgan fingerprint density at radius 2 is 1.94 bits per heavy atom. The van der Waals surface area contributed by atoms with Crippen LogP contribution in [0.15, 0.2) is 12.4 Å². The minimum atomic E-state index is -0.964. The molecule has 1 aromatic heterocycles. The number of rotatable bonds is 3. The van der Waals surface area contributed by atoms with E-state index in [1.807, 2.05) is 24.7 Å².